The van der Waals surface area contributed by atoms with Crippen molar-refractivity contribution in [2.24, 2.45) is 0 Å². The first-order valence-corrected chi connectivity index (χ1v) is 7.17. The predicted octanol–water partition coefficient (Wildman–Crippen LogP) is 4.29. The van der Waals surface area contributed by atoms with Gasteiger partial charge in [-0.2, -0.15) is 0 Å². The number of anilines is 1. The molecule has 0 aromatic heterocycles. The van der Waals surface area contributed by atoms with Crippen molar-refractivity contribution in [3.63, 3.8) is 0 Å². The van der Waals surface area contributed by atoms with Crippen LogP contribution in [0.3, 0.4) is 0 Å². The van der Waals surface area contributed by atoms with Crippen molar-refractivity contribution in [2.45, 2.75) is 33.3 Å². The quantitative estimate of drug-likeness (QED) is 0.833. The molecule has 0 aliphatic rings. The van der Waals surface area contributed by atoms with Crippen LogP contribution in [0.4, 0.5) is 5.69 Å². The summed E-state index contributed by atoms with van der Waals surface area (Å²) in [7, 11) is 1.67. The van der Waals surface area contributed by atoms with Crippen LogP contribution in [0.1, 0.15) is 36.5 Å². The highest BCUT2D eigenvalue weighted by Gasteiger charge is 2.11. The molecule has 0 aliphatic heterocycles. The Labute approximate surface area is 126 Å². The van der Waals surface area contributed by atoms with E-state index in [9.17, 15) is 0 Å². The van der Waals surface area contributed by atoms with Gasteiger partial charge in [-0.15, -0.1) is 0 Å². The molecular weight excluding hydrogens is 262 g/mol. The molecule has 0 spiro atoms. The molecule has 2 rings (SSSR count). The summed E-state index contributed by atoms with van der Waals surface area (Å²) in [4.78, 5) is 0. The minimum atomic E-state index is 0.362. The van der Waals surface area contributed by atoms with E-state index in [4.69, 9.17) is 15.2 Å². The van der Waals surface area contributed by atoms with Gasteiger partial charge in [0.25, 0.3) is 0 Å². The zero-order valence-electron chi connectivity index (χ0n) is 13.1. The number of hydrogen-bond donors (Lipinski definition) is 1. The summed E-state index contributed by atoms with van der Waals surface area (Å²) < 4.78 is 11.4. The van der Waals surface area contributed by atoms with Crippen LogP contribution >= 0.6 is 0 Å². The fraction of sp³-hybridized carbons (Fsp3) is 0.333. The molecule has 0 atom stereocenters. The van der Waals surface area contributed by atoms with E-state index in [1.165, 1.54) is 0 Å². The van der Waals surface area contributed by atoms with Gasteiger partial charge in [0.1, 0.15) is 18.1 Å². The highest BCUT2D eigenvalue weighted by molar-refractivity contribution is 5.55. The number of methoxy groups -OCH3 is 1. The van der Waals surface area contributed by atoms with Crippen LogP contribution in [0.25, 0.3) is 0 Å². The topological polar surface area (TPSA) is 44.5 Å². The Bertz CT molecular complexity index is 621. The minimum Gasteiger partial charge on any atom is -0.496 e. The summed E-state index contributed by atoms with van der Waals surface area (Å²) >= 11 is 0. The fourth-order valence-corrected chi connectivity index (χ4v) is 2.27. The number of hydrogen-bond acceptors (Lipinski definition) is 3. The number of nitrogens with two attached hydrogens (primary N) is 1. The standard InChI is InChI=1S/C18H23NO2/c1-12(2)15-10-16(19)13(3)9-18(15)21-11-14-7-5-6-8-17(14)20-4/h5-10,12H,11,19H2,1-4H3. The van der Waals surface area contributed by atoms with E-state index < -0.39 is 0 Å². The summed E-state index contributed by atoms with van der Waals surface area (Å²) in [5.74, 6) is 2.10. The van der Waals surface area contributed by atoms with Gasteiger partial charge in [0.2, 0.25) is 0 Å². The molecule has 2 aromatic carbocycles. The van der Waals surface area contributed by atoms with Crippen molar-refractivity contribution in [3.05, 3.63) is 53.1 Å². The van der Waals surface area contributed by atoms with Gasteiger partial charge in [0.15, 0.2) is 0 Å². The monoisotopic (exact) mass is 285 g/mol. The summed E-state index contributed by atoms with van der Waals surface area (Å²) in [5, 5.41) is 0. The van der Waals surface area contributed by atoms with Crippen LogP contribution < -0.4 is 15.2 Å². The molecule has 0 saturated heterocycles. The third-order valence-electron chi connectivity index (χ3n) is 3.60. The van der Waals surface area contributed by atoms with Crippen LogP contribution in [0.2, 0.25) is 0 Å². The maximum atomic E-state index is 6.03. The lowest BCUT2D eigenvalue weighted by Crippen LogP contribution is -2.03. The van der Waals surface area contributed by atoms with E-state index in [1.807, 2.05) is 43.3 Å². The largest absolute Gasteiger partial charge is 0.496 e. The fourth-order valence-electron chi connectivity index (χ4n) is 2.27. The number of aryl methyl sites for hydroxylation is 1. The molecule has 0 aliphatic carbocycles. The minimum absolute atomic E-state index is 0.362. The van der Waals surface area contributed by atoms with Gasteiger partial charge in [-0.1, -0.05) is 32.0 Å². The molecule has 3 nitrogen and oxygen atoms in total. The van der Waals surface area contributed by atoms with E-state index in [0.717, 1.165) is 33.9 Å². The Morgan fingerprint density at radius 2 is 1.81 bits per heavy atom. The lowest BCUT2D eigenvalue weighted by molar-refractivity contribution is 0.292. The van der Waals surface area contributed by atoms with E-state index in [-0.39, 0.29) is 0 Å². The Kier molecular flexibility index (Phi) is 4.73. The summed E-state index contributed by atoms with van der Waals surface area (Å²) in [6.45, 7) is 6.75. The number of para-hydroxylation sites is 1. The Morgan fingerprint density at radius 1 is 1.10 bits per heavy atom. The van der Waals surface area contributed by atoms with Crippen molar-refractivity contribution < 1.29 is 9.47 Å². The Hall–Kier alpha value is -2.16. The maximum absolute atomic E-state index is 6.03. The zero-order valence-corrected chi connectivity index (χ0v) is 13.1. The van der Waals surface area contributed by atoms with Gasteiger partial charge in [0.05, 0.1) is 7.11 Å². The van der Waals surface area contributed by atoms with Gasteiger partial charge < -0.3 is 15.2 Å². The van der Waals surface area contributed by atoms with Crippen molar-refractivity contribution in [1.82, 2.24) is 0 Å². The highest BCUT2D eigenvalue weighted by atomic mass is 16.5. The third-order valence-corrected chi connectivity index (χ3v) is 3.60. The van der Waals surface area contributed by atoms with Crippen molar-refractivity contribution in [3.8, 4) is 11.5 Å². The molecule has 0 unspecified atom stereocenters. The summed E-state index contributed by atoms with van der Waals surface area (Å²) in [5.41, 5.74) is 10.0. The smallest absolute Gasteiger partial charge is 0.125 e. The first-order chi connectivity index (χ1) is 10.0. The molecule has 2 N–H and O–H groups in total. The van der Waals surface area contributed by atoms with E-state index in [1.54, 1.807) is 7.11 Å². The first-order valence-electron chi connectivity index (χ1n) is 7.17. The van der Waals surface area contributed by atoms with Crippen LogP contribution in [-0.2, 0) is 6.61 Å². The molecular formula is C18H23NO2. The maximum Gasteiger partial charge on any atom is 0.125 e. The van der Waals surface area contributed by atoms with E-state index in [2.05, 4.69) is 13.8 Å². The number of rotatable bonds is 5. The van der Waals surface area contributed by atoms with E-state index >= 15 is 0 Å². The molecule has 2 aromatic rings. The molecule has 0 radical (unpaired) electrons. The van der Waals surface area contributed by atoms with Crippen molar-refractivity contribution in [1.29, 1.82) is 0 Å². The first kappa shape index (κ1) is 15.2. The lowest BCUT2D eigenvalue weighted by atomic mass is 9.99. The average Bonchev–Trinajstić information content (AvgIpc) is 2.48. The number of nitrogen functional groups attached to an aromatic ring is 1. The van der Waals surface area contributed by atoms with Crippen LogP contribution in [0, 0.1) is 6.92 Å². The Balaban J connectivity index is 2.25. The van der Waals surface area contributed by atoms with Crippen molar-refractivity contribution >= 4 is 5.69 Å². The lowest BCUT2D eigenvalue weighted by Gasteiger charge is -2.17. The second kappa shape index (κ2) is 6.53. The van der Waals surface area contributed by atoms with Gasteiger partial charge in [0, 0.05) is 11.3 Å². The molecule has 0 saturated carbocycles. The van der Waals surface area contributed by atoms with Crippen LogP contribution in [-0.4, -0.2) is 7.11 Å². The second-order valence-corrected chi connectivity index (χ2v) is 5.50. The Morgan fingerprint density at radius 3 is 2.48 bits per heavy atom. The third kappa shape index (κ3) is 3.48. The normalized spacial score (nSPS) is 10.7. The number of ether oxygens (including phenoxy) is 2. The van der Waals surface area contributed by atoms with Crippen LogP contribution in [0.15, 0.2) is 36.4 Å². The molecule has 0 bridgehead atoms. The predicted molar refractivity (Wildman–Crippen MR) is 87.0 cm³/mol. The van der Waals surface area contributed by atoms with Crippen molar-refractivity contribution in [2.75, 3.05) is 12.8 Å². The van der Waals surface area contributed by atoms with E-state index in [0.29, 0.717) is 12.5 Å². The summed E-state index contributed by atoms with van der Waals surface area (Å²) in [6, 6.07) is 11.9. The summed E-state index contributed by atoms with van der Waals surface area (Å²) in [6.07, 6.45) is 0. The average molecular weight is 285 g/mol. The molecule has 0 fully saturated rings. The molecule has 0 amide bonds. The van der Waals surface area contributed by atoms with Gasteiger partial charge in [-0.05, 0) is 42.2 Å². The van der Waals surface area contributed by atoms with Gasteiger partial charge in [-0.25, -0.2) is 0 Å². The highest BCUT2D eigenvalue weighted by Crippen LogP contribution is 2.32. The molecule has 21 heavy (non-hydrogen) atoms. The van der Waals surface area contributed by atoms with Gasteiger partial charge in [-0.3, -0.25) is 0 Å². The number of benzene rings is 2. The molecule has 0 heterocycles. The van der Waals surface area contributed by atoms with Gasteiger partial charge >= 0.3 is 0 Å². The SMILES string of the molecule is COc1ccccc1COc1cc(C)c(N)cc1C(C)C. The van der Waals surface area contributed by atoms with Crippen LogP contribution in [0.5, 0.6) is 11.5 Å². The molecule has 112 valence electrons. The molecule has 3 heteroatoms. The zero-order chi connectivity index (χ0) is 15.4. The second-order valence-electron chi connectivity index (χ2n) is 5.50.